The van der Waals surface area contributed by atoms with Gasteiger partial charge in [-0.15, -0.1) is 10.2 Å². The fraction of sp³-hybridized carbons (Fsp3) is 0.280. The van der Waals surface area contributed by atoms with E-state index in [4.69, 9.17) is 9.47 Å². The first-order valence-electron chi connectivity index (χ1n) is 11.3. The zero-order chi connectivity index (χ0) is 23.3. The number of para-hydroxylation sites is 1. The molecular weight excluding hydrogens is 432 g/mol. The van der Waals surface area contributed by atoms with Crippen molar-refractivity contribution < 1.29 is 9.47 Å². The number of nitrogens with zero attached hydrogens (tertiary/aromatic N) is 4. The number of hydrogen-bond donors (Lipinski definition) is 2. The van der Waals surface area contributed by atoms with Gasteiger partial charge in [0, 0.05) is 23.0 Å². The molecule has 1 fully saturated rings. The van der Waals surface area contributed by atoms with Gasteiger partial charge in [0.05, 0.1) is 25.4 Å². The quantitative estimate of drug-likeness (QED) is 0.407. The van der Waals surface area contributed by atoms with Crippen LogP contribution in [0.3, 0.4) is 0 Å². The molecule has 0 bridgehead atoms. The summed E-state index contributed by atoms with van der Waals surface area (Å²) in [6.45, 7) is 0.333. The Morgan fingerprint density at radius 2 is 1.94 bits per heavy atom. The highest BCUT2D eigenvalue weighted by Gasteiger charge is 2.24. The van der Waals surface area contributed by atoms with Crippen molar-refractivity contribution >= 4 is 11.4 Å². The second-order valence-electron chi connectivity index (χ2n) is 8.23. The summed E-state index contributed by atoms with van der Waals surface area (Å²) < 4.78 is 12.2. The number of ether oxygens (including phenoxy) is 2. The highest BCUT2D eigenvalue weighted by Crippen LogP contribution is 2.43. The van der Waals surface area contributed by atoms with Crippen molar-refractivity contribution in [3.05, 3.63) is 76.7 Å². The Labute approximate surface area is 196 Å². The summed E-state index contributed by atoms with van der Waals surface area (Å²) in [7, 11) is 1.64. The lowest BCUT2D eigenvalue weighted by Crippen LogP contribution is -2.24. The molecule has 0 unspecified atom stereocenters. The van der Waals surface area contributed by atoms with Gasteiger partial charge in [-0.05, 0) is 61.2 Å². The maximum atomic E-state index is 12.6. The van der Waals surface area contributed by atoms with Crippen molar-refractivity contribution in [2.75, 3.05) is 12.0 Å². The smallest absolute Gasteiger partial charge is 0.252 e. The minimum atomic E-state index is -0.136. The Bertz CT molecular complexity index is 1300. The Hall–Kier alpha value is -4.14. The molecule has 1 aliphatic rings. The van der Waals surface area contributed by atoms with E-state index in [0.29, 0.717) is 29.4 Å². The van der Waals surface area contributed by atoms with E-state index >= 15 is 0 Å². The van der Waals surface area contributed by atoms with Crippen LogP contribution in [0.25, 0.3) is 11.4 Å². The third-order valence-electron chi connectivity index (χ3n) is 6.05. The molecule has 0 atom stereocenters. The number of aromatic amines is 2. The minimum Gasteiger partial charge on any atom is -0.493 e. The van der Waals surface area contributed by atoms with Crippen LogP contribution in [0, 0.1) is 0 Å². The Morgan fingerprint density at radius 1 is 1.09 bits per heavy atom. The molecule has 9 heteroatoms. The molecule has 0 amide bonds. The van der Waals surface area contributed by atoms with Gasteiger partial charge in [-0.25, -0.2) is 0 Å². The normalized spacial score (nSPS) is 13.7. The van der Waals surface area contributed by atoms with E-state index in [-0.39, 0.29) is 11.7 Å². The molecule has 2 aromatic carbocycles. The summed E-state index contributed by atoms with van der Waals surface area (Å²) in [4.78, 5) is 17.4. The molecule has 2 N–H and O–H groups in total. The Morgan fingerprint density at radius 3 is 2.71 bits per heavy atom. The molecule has 34 heavy (non-hydrogen) atoms. The lowest BCUT2D eigenvalue weighted by Gasteiger charge is -2.29. The first-order valence-corrected chi connectivity index (χ1v) is 11.3. The molecule has 1 saturated carbocycles. The number of anilines is 2. The molecule has 2 aromatic heterocycles. The van der Waals surface area contributed by atoms with Gasteiger partial charge in [-0.3, -0.25) is 4.79 Å². The molecule has 1 aliphatic carbocycles. The van der Waals surface area contributed by atoms with Gasteiger partial charge in [-0.2, -0.15) is 5.21 Å². The summed E-state index contributed by atoms with van der Waals surface area (Å²) in [5.74, 6) is 1.83. The molecule has 5 rings (SSSR count). The van der Waals surface area contributed by atoms with Crippen LogP contribution in [0.2, 0.25) is 0 Å². The van der Waals surface area contributed by atoms with Crippen LogP contribution in [0.15, 0.2) is 65.6 Å². The number of H-pyrrole nitrogens is 2. The van der Waals surface area contributed by atoms with E-state index in [1.54, 1.807) is 13.3 Å². The van der Waals surface area contributed by atoms with Crippen LogP contribution in [-0.2, 0) is 6.54 Å². The fourth-order valence-corrected chi connectivity index (χ4v) is 4.33. The lowest BCUT2D eigenvalue weighted by atomic mass is 10.1. The van der Waals surface area contributed by atoms with Crippen LogP contribution < -0.4 is 19.9 Å². The second kappa shape index (κ2) is 9.78. The maximum Gasteiger partial charge on any atom is 0.252 e. The number of pyridine rings is 1. The Balaban J connectivity index is 1.63. The van der Waals surface area contributed by atoms with E-state index in [1.165, 1.54) is 0 Å². The SMILES string of the molecule is COc1cccc(N(Cc2ccc[nH]c2=O)c2cccc(-c3nn[nH]n3)c2)c1OC1CCCC1. The van der Waals surface area contributed by atoms with E-state index in [9.17, 15) is 4.79 Å². The first kappa shape index (κ1) is 21.7. The average molecular weight is 459 g/mol. The lowest BCUT2D eigenvalue weighted by molar-refractivity contribution is 0.201. The number of hydrogen-bond acceptors (Lipinski definition) is 7. The van der Waals surface area contributed by atoms with Crippen molar-refractivity contribution in [2.45, 2.75) is 38.3 Å². The highest BCUT2D eigenvalue weighted by atomic mass is 16.5. The zero-order valence-corrected chi connectivity index (χ0v) is 18.9. The number of benzene rings is 2. The molecular formula is C25H26N6O3. The van der Waals surface area contributed by atoms with Crippen LogP contribution in [-0.4, -0.2) is 38.8 Å². The monoisotopic (exact) mass is 458 g/mol. The van der Waals surface area contributed by atoms with E-state index in [0.717, 1.165) is 42.6 Å². The molecule has 0 saturated heterocycles. The van der Waals surface area contributed by atoms with Gasteiger partial charge in [-0.1, -0.05) is 24.3 Å². The average Bonchev–Trinajstić information content (AvgIpc) is 3.59. The third-order valence-corrected chi connectivity index (χ3v) is 6.05. The molecule has 174 valence electrons. The number of methoxy groups -OCH3 is 1. The highest BCUT2D eigenvalue weighted by molar-refractivity contribution is 5.75. The molecule has 0 aliphatic heterocycles. The molecule has 0 spiro atoms. The summed E-state index contributed by atoms with van der Waals surface area (Å²) in [6, 6.07) is 17.3. The maximum absolute atomic E-state index is 12.6. The number of rotatable bonds is 8. The minimum absolute atomic E-state index is 0.136. The van der Waals surface area contributed by atoms with E-state index in [1.807, 2.05) is 54.6 Å². The fourth-order valence-electron chi connectivity index (χ4n) is 4.33. The van der Waals surface area contributed by atoms with E-state index < -0.39 is 0 Å². The summed E-state index contributed by atoms with van der Waals surface area (Å²) in [5, 5.41) is 14.4. The topological polar surface area (TPSA) is 109 Å². The van der Waals surface area contributed by atoms with Crippen LogP contribution in [0.1, 0.15) is 31.2 Å². The molecule has 4 aromatic rings. The molecule has 9 nitrogen and oxygen atoms in total. The summed E-state index contributed by atoms with van der Waals surface area (Å²) in [5.41, 5.74) is 2.97. The van der Waals surface area contributed by atoms with Gasteiger partial charge < -0.3 is 19.4 Å². The van der Waals surface area contributed by atoms with Gasteiger partial charge in [0.1, 0.15) is 0 Å². The van der Waals surface area contributed by atoms with Gasteiger partial charge in [0.25, 0.3) is 5.56 Å². The summed E-state index contributed by atoms with van der Waals surface area (Å²) in [6.07, 6.45) is 6.12. The van der Waals surface area contributed by atoms with Gasteiger partial charge >= 0.3 is 0 Å². The van der Waals surface area contributed by atoms with Crippen molar-refractivity contribution in [3.63, 3.8) is 0 Å². The van der Waals surface area contributed by atoms with Crippen LogP contribution in [0.5, 0.6) is 11.5 Å². The standard InChI is InChI=1S/C25H26N6O3/c1-33-22-13-5-12-21(23(22)34-20-10-2-3-11-20)31(16-18-8-6-14-26-25(18)32)19-9-4-7-17(15-19)24-27-29-30-28-24/h4-9,12-15,20H,2-3,10-11,16H2,1H3,(H,26,32)(H,27,28,29,30). The largest absolute Gasteiger partial charge is 0.493 e. The van der Waals surface area contributed by atoms with E-state index in [2.05, 4.69) is 30.5 Å². The third kappa shape index (κ3) is 4.50. The number of tetrazole rings is 1. The van der Waals surface area contributed by atoms with Gasteiger partial charge in [0.2, 0.25) is 5.82 Å². The predicted octanol–water partition coefficient (Wildman–Crippen LogP) is 4.22. The number of nitrogens with one attached hydrogen (secondary N) is 2. The van der Waals surface area contributed by atoms with Crippen molar-refractivity contribution in [2.24, 2.45) is 0 Å². The first-order chi connectivity index (χ1) is 16.7. The van der Waals surface area contributed by atoms with Gasteiger partial charge in [0.15, 0.2) is 11.5 Å². The van der Waals surface area contributed by atoms with Crippen molar-refractivity contribution in [1.82, 2.24) is 25.6 Å². The second-order valence-corrected chi connectivity index (χ2v) is 8.23. The zero-order valence-electron chi connectivity index (χ0n) is 18.9. The van der Waals surface area contributed by atoms with Crippen molar-refractivity contribution in [3.8, 4) is 22.9 Å². The molecule has 0 radical (unpaired) electrons. The number of aromatic nitrogens is 5. The van der Waals surface area contributed by atoms with Crippen LogP contribution >= 0.6 is 0 Å². The van der Waals surface area contributed by atoms with Crippen molar-refractivity contribution in [1.29, 1.82) is 0 Å². The van der Waals surface area contributed by atoms with Crippen LogP contribution in [0.4, 0.5) is 11.4 Å². The summed E-state index contributed by atoms with van der Waals surface area (Å²) >= 11 is 0. The predicted molar refractivity (Wildman–Crippen MR) is 128 cm³/mol. The Kier molecular flexibility index (Phi) is 6.24. The molecule has 2 heterocycles.